The number of benzene rings is 1. The van der Waals surface area contributed by atoms with E-state index >= 15 is 0 Å². The molecule has 0 bridgehead atoms. The van der Waals surface area contributed by atoms with Gasteiger partial charge in [0.25, 0.3) is 0 Å². The summed E-state index contributed by atoms with van der Waals surface area (Å²) in [6, 6.07) is 7.52. The van der Waals surface area contributed by atoms with E-state index in [2.05, 4.69) is 10.2 Å². The summed E-state index contributed by atoms with van der Waals surface area (Å²) in [5, 5.41) is 17.3. The molecule has 0 aliphatic carbocycles. The highest BCUT2D eigenvalue weighted by Gasteiger charge is 2.12. The molecule has 2 aromatic rings. The molecule has 0 aliphatic heterocycles. The first-order valence-corrected chi connectivity index (χ1v) is 7.10. The summed E-state index contributed by atoms with van der Waals surface area (Å²) in [6.07, 6.45) is 0. The summed E-state index contributed by atoms with van der Waals surface area (Å²) in [5.74, 6) is 0.576. The van der Waals surface area contributed by atoms with Gasteiger partial charge in [0.15, 0.2) is 5.16 Å². The van der Waals surface area contributed by atoms with Crippen LogP contribution in [0, 0.1) is 6.92 Å². The lowest BCUT2D eigenvalue weighted by molar-refractivity contribution is -0.133. The van der Waals surface area contributed by atoms with E-state index in [0.29, 0.717) is 17.6 Å². The molecule has 106 valence electrons. The van der Waals surface area contributed by atoms with Gasteiger partial charge in [-0.25, -0.2) is 0 Å². The van der Waals surface area contributed by atoms with Crippen molar-refractivity contribution in [3.63, 3.8) is 0 Å². The maximum absolute atomic E-state index is 10.6. The van der Waals surface area contributed by atoms with Gasteiger partial charge in [0.05, 0.1) is 12.4 Å². The third-order valence-electron chi connectivity index (χ3n) is 2.53. The minimum absolute atomic E-state index is 0.0465. The number of hydrogen-bond donors (Lipinski definition) is 1. The lowest BCUT2D eigenvalue weighted by Crippen LogP contribution is -2.03. The van der Waals surface area contributed by atoms with Crippen molar-refractivity contribution < 1.29 is 14.6 Å². The number of aromatic nitrogens is 3. The largest absolute Gasteiger partial charge is 0.494 e. The van der Waals surface area contributed by atoms with E-state index in [1.165, 1.54) is 0 Å². The van der Waals surface area contributed by atoms with Crippen LogP contribution >= 0.6 is 11.8 Å². The minimum Gasteiger partial charge on any atom is -0.494 e. The highest BCUT2D eigenvalue weighted by Crippen LogP contribution is 2.23. The molecule has 20 heavy (non-hydrogen) atoms. The Bertz CT molecular complexity index is 595. The fourth-order valence-electron chi connectivity index (χ4n) is 1.72. The van der Waals surface area contributed by atoms with Gasteiger partial charge in [-0.2, -0.15) is 0 Å². The van der Waals surface area contributed by atoms with Crippen molar-refractivity contribution in [3.8, 4) is 11.4 Å². The summed E-state index contributed by atoms with van der Waals surface area (Å²) >= 11 is 1.14. The van der Waals surface area contributed by atoms with Crippen molar-refractivity contribution in [2.75, 3.05) is 12.4 Å². The van der Waals surface area contributed by atoms with Gasteiger partial charge in [0.1, 0.15) is 11.6 Å². The normalized spacial score (nSPS) is 10.5. The first-order chi connectivity index (χ1) is 9.61. The first kappa shape index (κ1) is 14.4. The van der Waals surface area contributed by atoms with Crippen LogP contribution in [0.2, 0.25) is 0 Å². The van der Waals surface area contributed by atoms with Crippen LogP contribution in [0.5, 0.6) is 5.75 Å². The standard InChI is InChI=1S/C13H15N3O3S/c1-3-19-11-6-4-10(5-7-11)16-9(2)14-15-13(16)20-8-12(17)18/h4-7H,3,8H2,1-2H3,(H,17,18). The molecule has 0 amide bonds. The number of aryl methyl sites for hydroxylation is 1. The average Bonchev–Trinajstić information content (AvgIpc) is 2.79. The van der Waals surface area contributed by atoms with E-state index in [-0.39, 0.29) is 5.75 Å². The van der Waals surface area contributed by atoms with Crippen LogP contribution in [0.4, 0.5) is 0 Å². The zero-order valence-electron chi connectivity index (χ0n) is 11.2. The summed E-state index contributed by atoms with van der Waals surface area (Å²) in [4.78, 5) is 10.6. The Kier molecular flexibility index (Phi) is 4.62. The topological polar surface area (TPSA) is 77.2 Å². The second kappa shape index (κ2) is 6.42. The molecule has 1 aromatic heterocycles. The SMILES string of the molecule is CCOc1ccc(-n2c(C)nnc2SCC(=O)O)cc1. The Morgan fingerprint density at radius 1 is 1.35 bits per heavy atom. The number of rotatable bonds is 6. The van der Waals surface area contributed by atoms with Gasteiger partial charge in [0, 0.05) is 5.69 Å². The summed E-state index contributed by atoms with van der Waals surface area (Å²) in [5.41, 5.74) is 0.879. The maximum atomic E-state index is 10.6. The number of hydrogen-bond acceptors (Lipinski definition) is 5. The van der Waals surface area contributed by atoms with Gasteiger partial charge in [-0.3, -0.25) is 9.36 Å². The maximum Gasteiger partial charge on any atom is 0.313 e. The number of thioether (sulfide) groups is 1. The van der Waals surface area contributed by atoms with Gasteiger partial charge >= 0.3 is 5.97 Å². The van der Waals surface area contributed by atoms with E-state index in [1.807, 2.05) is 42.7 Å². The van der Waals surface area contributed by atoms with Crippen LogP contribution in [0.15, 0.2) is 29.4 Å². The summed E-state index contributed by atoms with van der Waals surface area (Å²) in [7, 11) is 0. The van der Waals surface area contributed by atoms with Crippen LogP contribution in [-0.4, -0.2) is 38.2 Å². The third-order valence-corrected chi connectivity index (χ3v) is 3.44. The molecule has 0 atom stereocenters. The fourth-order valence-corrected chi connectivity index (χ4v) is 2.44. The molecular weight excluding hydrogens is 278 g/mol. The van der Waals surface area contributed by atoms with E-state index in [1.54, 1.807) is 0 Å². The Labute approximate surface area is 120 Å². The van der Waals surface area contributed by atoms with Crippen LogP contribution in [0.3, 0.4) is 0 Å². The Morgan fingerprint density at radius 3 is 2.65 bits per heavy atom. The van der Waals surface area contributed by atoms with Crippen LogP contribution in [0.25, 0.3) is 5.69 Å². The minimum atomic E-state index is -0.881. The van der Waals surface area contributed by atoms with Gasteiger partial charge < -0.3 is 9.84 Å². The molecule has 0 saturated heterocycles. The summed E-state index contributed by atoms with van der Waals surface area (Å²) < 4.78 is 7.22. The molecule has 0 fully saturated rings. The molecule has 0 aliphatic rings. The Balaban J connectivity index is 2.26. The molecule has 0 spiro atoms. The molecule has 0 radical (unpaired) electrons. The average molecular weight is 293 g/mol. The van der Waals surface area contributed by atoms with Crippen LogP contribution in [-0.2, 0) is 4.79 Å². The molecule has 2 rings (SSSR count). The van der Waals surface area contributed by atoms with Crippen molar-refractivity contribution >= 4 is 17.7 Å². The molecular formula is C13H15N3O3S. The monoisotopic (exact) mass is 293 g/mol. The second-order valence-electron chi connectivity index (χ2n) is 3.97. The van der Waals surface area contributed by atoms with Crippen molar-refractivity contribution in [3.05, 3.63) is 30.1 Å². The van der Waals surface area contributed by atoms with Crippen LogP contribution < -0.4 is 4.74 Å². The lowest BCUT2D eigenvalue weighted by Gasteiger charge is -2.09. The number of ether oxygens (including phenoxy) is 1. The van der Waals surface area contributed by atoms with Crippen molar-refractivity contribution in [1.29, 1.82) is 0 Å². The number of aliphatic carboxylic acids is 1. The number of carboxylic acid groups (broad SMARTS) is 1. The smallest absolute Gasteiger partial charge is 0.313 e. The molecule has 1 N–H and O–H groups in total. The van der Waals surface area contributed by atoms with E-state index in [9.17, 15) is 4.79 Å². The molecule has 1 aromatic carbocycles. The van der Waals surface area contributed by atoms with E-state index in [0.717, 1.165) is 23.2 Å². The highest BCUT2D eigenvalue weighted by molar-refractivity contribution is 7.99. The summed E-state index contributed by atoms with van der Waals surface area (Å²) in [6.45, 7) is 4.37. The van der Waals surface area contributed by atoms with Gasteiger partial charge in [-0.05, 0) is 38.1 Å². The van der Waals surface area contributed by atoms with E-state index < -0.39 is 5.97 Å². The predicted molar refractivity (Wildman–Crippen MR) is 75.6 cm³/mol. The predicted octanol–water partition coefficient (Wildman–Crippen LogP) is 2.15. The zero-order chi connectivity index (χ0) is 14.5. The van der Waals surface area contributed by atoms with E-state index in [4.69, 9.17) is 9.84 Å². The first-order valence-electron chi connectivity index (χ1n) is 6.11. The zero-order valence-corrected chi connectivity index (χ0v) is 12.1. The number of carboxylic acids is 1. The quantitative estimate of drug-likeness (QED) is 0.822. The Hall–Kier alpha value is -2.02. The molecule has 6 nitrogen and oxygen atoms in total. The molecule has 7 heteroatoms. The van der Waals surface area contributed by atoms with Crippen molar-refractivity contribution in [2.24, 2.45) is 0 Å². The van der Waals surface area contributed by atoms with Crippen molar-refractivity contribution in [1.82, 2.24) is 14.8 Å². The number of carbonyl (C=O) groups is 1. The van der Waals surface area contributed by atoms with Crippen molar-refractivity contribution in [2.45, 2.75) is 19.0 Å². The van der Waals surface area contributed by atoms with Gasteiger partial charge in [-0.1, -0.05) is 11.8 Å². The second-order valence-corrected chi connectivity index (χ2v) is 4.92. The third kappa shape index (κ3) is 3.30. The molecule has 0 saturated carbocycles. The van der Waals surface area contributed by atoms with Gasteiger partial charge in [0.2, 0.25) is 0 Å². The van der Waals surface area contributed by atoms with Crippen LogP contribution in [0.1, 0.15) is 12.7 Å². The lowest BCUT2D eigenvalue weighted by atomic mass is 10.3. The fraction of sp³-hybridized carbons (Fsp3) is 0.308. The highest BCUT2D eigenvalue weighted by atomic mass is 32.2. The Morgan fingerprint density at radius 2 is 2.05 bits per heavy atom. The van der Waals surface area contributed by atoms with Gasteiger partial charge in [-0.15, -0.1) is 10.2 Å². The molecule has 0 unspecified atom stereocenters. The number of nitrogens with zero attached hydrogens (tertiary/aromatic N) is 3. The molecule has 1 heterocycles.